The van der Waals surface area contributed by atoms with E-state index in [0.29, 0.717) is 0 Å². The van der Waals surface area contributed by atoms with Gasteiger partial charge in [-0.05, 0) is 12.5 Å². The van der Waals surface area contributed by atoms with Gasteiger partial charge in [0.25, 0.3) is 0 Å². The lowest BCUT2D eigenvalue weighted by Gasteiger charge is -2.23. The molecule has 1 unspecified atom stereocenters. The first-order valence-electron chi connectivity index (χ1n) is 5.24. The van der Waals surface area contributed by atoms with Crippen molar-refractivity contribution >= 4 is 0 Å². The zero-order valence-corrected chi connectivity index (χ0v) is 9.23. The molecule has 0 aliphatic heterocycles. The summed E-state index contributed by atoms with van der Waals surface area (Å²) in [6.45, 7) is 8.12. The van der Waals surface area contributed by atoms with Gasteiger partial charge in [-0.2, -0.15) is 5.06 Å². The summed E-state index contributed by atoms with van der Waals surface area (Å²) in [6.07, 6.45) is 0.135. The molecule has 14 heavy (non-hydrogen) atoms. The summed E-state index contributed by atoms with van der Waals surface area (Å²) < 4.78 is 0. The summed E-state index contributed by atoms with van der Waals surface area (Å²) in [5.41, 5.74) is 1.22. The standard InChI is InChI=1S/C12H19NO/c1-4-13(5-2)14-11(3)12-9-7-6-8-10-12/h6-11H,4-5H2,1-3H3. The highest BCUT2D eigenvalue weighted by molar-refractivity contribution is 5.16. The summed E-state index contributed by atoms with van der Waals surface area (Å²) in [7, 11) is 0. The Balaban J connectivity index is 2.54. The maximum Gasteiger partial charge on any atom is 0.101 e. The minimum Gasteiger partial charge on any atom is -0.291 e. The largest absolute Gasteiger partial charge is 0.291 e. The van der Waals surface area contributed by atoms with Gasteiger partial charge in [-0.1, -0.05) is 44.2 Å². The Bertz CT molecular complexity index is 244. The Morgan fingerprint density at radius 3 is 2.21 bits per heavy atom. The van der Waals surface area contributed by atoms with Crippen LogP contribution >= 0.6 is 0 Å². The lowest BCUT2D eigenvalue weighted by Crippen LogP contribution is -2.24. The molecule has 0 radical (unpaired) electrons. The molecule has 0 fully saturated rings. The van der Waals surface area contributed by atoms with Crippen molar-refractivity contribution in [2.45, 2.75) is 26.9 Å². The van der Waals surface area contributed by atoms with Crippen molar-refractivity contribution in [1.29, 1.82) is 0 Å². The number of hydroxylamine groups is 2. The number of rotatable bonds is 5. The Morgan fingerprint density at radius 2 is 1.71 bits per heavy atom. The Kier molecular flexibility index (Phi) is 4.63. The number of hydrogen-bond donors (Lipinski definition) is 0. The lowest BCUT2D eigenvalue weighted by atomic mass is 10.1. The van der Waals surface area contributed by atoms with E-state index < -0.39 is 0 Å². The van der Waals surface area contributed by atoms with Gasteiger partial charge in [0, 0.05) is 13.1 Å². The third kappa shape index (κ3) is 3.13. The molecule has 1 atom stereocenters. The second-order valence-electron chi connectivity index (χ2n) is 3.27. The highest BCUT2D eigenvalue weighted by Crippen LogP contribution is 2.17. The van der Waals surface area contributed by atoms with Crippen LogP contribution < -0.4 is 0 Å². The molecule has 78 valence electrons. The van der Waals surface area contributed by atoms with Crippen LogP contribution in [0.1, 0.15) is 32.4 Å². The predicted molar refractivity (Wildman–Crippen MR) is 58.9 cm³/mol. The van der Waals surface area contributed by atoms with Crippen LogP contribution in [0, 0.1) is 0 Å². The molecule has 0 saturated heterocycles. The monoisotopic (exact) mass is 193 g/mol. The minimum atomic E-state index is 0.135. The van der Waals surface area contributed by atoms with Crippen LogP contribution in [0.5, 0.6) is 0 Å². The molecule has 2 heteroatoms. The van der Waals surface area contributed by atoms with Crippen molar-refractivity contribution in [3.63, 3.8) is 0 Å². The molecule has 1 rings (SSSR count). The average molecular weight is 193 g/mol. The first-order chi connectivity index (χ1) is 6.77. The lowest BCUT2D eigenvalue weighted by molar-refractivity contribution is -0.189. The molecule has 0 aromatic heterocycles. The van der Waals surface area contributed by atoms with E-state index in [0.717, 1.165) is 13.1 Å². The Labute approximate surface area is 86.4 Å². The van der Waals surface area contributed by atoms with Gasteiger partial charge in [-0.3, -0.25) is 4.84 Å². The molecule has 2 nitrogen and oxygen atoms in total. The fourth-order valence-electron chi connectivity index (χ4n) is 1.38. The zero-order chi connectivity index (χ0) is 10.4. The smallest absolute Gasteiger partial charge is 0.101 e. The van der Waals surface area contributed by atoms with E-state index in [1.54, 1.807) is 0 Å². The van der Waals surface area contributed by atoms with Gasteiger partial charge < -0.3 is 0 Å². The highest BCUT2D eigenvalue weighted by Gasteiger charge is 2.08. The van der Waals surface area contributed by atoms with Crippen molar-refractivity contribution < 1.29 is 4.84 Å². The Morgan fingerprint density at radius 1 is 1.14 bits per heavy atom. The SMILES string of the molecule is CCN(CC)OC(C)c1ccccc1. The molecule has 0 bridgehead atoms. The second kappa shape index (κ2) is 5.78. The molecule has 0 aliphatic carbocycles. The van der Waals surface area contributed by atoms with Gasteiger partial charge in [0.05, 0.1) is 0 Å². The van der Waals surface area contributed by atoms with Crippen molar-refractivity contribution in [3.8, 4) is 0 Å². The zero-order valence-electron chi connectivity index (χ0n) is 9.23. The van der Waals surface area contributed by atoms with Crippen LogP contribution in [0.2, 0.25) is 0 Å². The summed E-state index contributed by atoms with van der Waals surface area (Å²) >= 11 is 0. The summed E-state index contributed by atoms with van der Waals surface area (Å²) in [5.74, 6) is 0. The molecule has 0 N–H and O–H groups in total. The van der Waals surface area contributed by atoms with Gasteiger partial charge in [0.15, 0.2) is 0 Å². The summed E-state index contributed by atoms with van der Waals surface area (Å²) in [5, 5.41) is 1.97. The topological polar surface area (TPSA) is 12.5 Å². The van der Waals surface area contributed by atoms with Crippen molar-refractivity contribution in [2.24, 2.45) is 0 Å². The van der Waals surface area contributed by atoms with E-state index in [9.17, 15) is 0 Å². The molecule has 0 spiro atoms. The fourth-order valence-corrected chi connectivity index (χ4v) is 1.38. The van der Waals surface area contributed by atoms with Crippen molar-refractivity contribution in [3.05, 3.63) is 35.9 Å². The van der Waals surface area contributed by atoms with Gasteiger partial charge in [-0.25, -0.2) is 0 Å². The van der Waals surface area contributed by atoms with Crippen molar-refractivity contribution in [2.75, 3.05) is 13.1 Å². The third-order valence-electron chi connectivity index (χ3n) is 2.28. The van der Waals surface area contributed by atoms with Crippen molar-refractivity contribution in [1.82, 2.24) is 5.06 Å². The van der Waals surface area contributed by atoms with Crippen LogP contribution in [-0.2, 0) is 4.84 Å². The molecular weight excluding hydrogens is 174 g/mol. The molecule has 0 heterocycles. The predicted octanol–water partition coefficient (Wildman–Crippen LogP) is 3.02. The Hall–Kier alpha value is -0.860. The first kappa shape index (κ1) is 11.2. The maximum absolute atomic E-state index is 5.77. The number of nitrogens with zero attached hydrogens (tertiary/aromatic N) is 1. The van der Waals surface area contributed by atoms with Gasteiger partial charge in [-0.15, -0.1) is 0 Å². The number of benzene rings is 1. The summed E-state index contributed by atoms with van der Waals surface area (Å²) in [4.78, 5) is 5.77. The normalized spacial score (nSPS) is 13.1. The molecule has 0 amide bonds. The molecular formula is C12H19NO. The minimum absolute atomic E-state index is 0.135. The summed E-state index contributed by atoms with van der Waals surface area (Å²) in [6, 6.07) is 10.3. The van der Waals surface area contributed by atoms with Crippen LogP contribution in [0.3, 0.4) is 0 Å². The highest BCUT2D eigenvalue weighted by atomic mass is 16.7. The van der Waals surface area contributed by atoms with E-state index in [2.05, 4.69) is 32.9 Å². The molecule has 0 saturated carbocycles. The van der Waals surface area contributed by atoms with Crippen LogP contribution in [0.4, 0.5) is 0 Å². The number of hydrogen-bond acceptors (Lipinski definition) is 2. The van der Waals surface area contributed by atoms with Gasteiger partial charge in [0.2, 0.25) is 0 Å². The van der Waals surface area contributed by atoms with E-state index in [1.807, 2.05) is 23.3 Å². The van der Waals surface area contributed by atoms with Crippen LogP contribution in [0.25, 0.3) is 0 Å². The second-order valence-corrected chi connectivity index (χ2v) is 3.27. The fraction of sp³-hybridized carbons (Fsp3) is 0.500. The van der Waals surface area contributed by atoms with Crippen LogP contribution in [0.15, 0.2) is 30.3 Å². The molecule has 0 aliphatic rings. The van der Waals surface area contributed by atoms with E-state index in [4.69, 9.17) is 4.84 Å². The van der Waals surface area contributed by atoms with E-state index in [-0.39, 0.29) is 6.10 Å². The quantitative estimate of drug-likeness (QED) is 0.666. The molecule has 1 aromatic carbocycles. The van der Waals surface area contributed by atoms with Gasteiger partial charge in [0.1, 0.15) is 6.10 Å². The van der Waals surface area contributed by atoms with Gasteiger partial charge >= 0.3 is 0 Å². The molecule has 1 aromatic rings. The average Bonchev–Trinajstić information content (AvgIpc) is 2.26. The van der Waals surface area contributed by atoms with E-state index >= 15 is 0 Å². The van der Waals surface area contributed by atoms with Crippen LogP contribution in [-0.4, -0.2) is 18.2 Å². The van der Waals surface area contributed by atoms with E-state index in [1.165, 1.54) is 5.56 Å². The first-order valence-corrected chi connectivity index (χ1v) is 5.24. The third-order valence-corrected chi connectivity index (χ3v) is 2.28. The maximum atomic E-state index is 5.77.